The average molecular weight is 370 g/mol. The van der Waals surface area contributed by atoms with Crippen molar-refractivity contribution in [2.45, 2.75) is 19.4 Å². The number of amides is 1. The highest BCUT2D eigenvalue weighted by molar-refractivity contribution is 5.94. The molecule has 0 atom stereocenters. The maximum atomic E-state index is 12.3. The van der Waals surface area contributed by atoms with Crippen molar-refractivity contribution in [2.24, 2.45) is 0 Å². The highest BCUT2D eigenvalue weighted by Crippen LogP contribution is 2.15. The largest absolute Gasteiger partial charge is 0.350 e. The molecule has 0 aliphatic rings. The van der Waals surface area contributed by atoms with Gasteiger partial charge in [-0.2, -0.15) is 0 Å². The van der Waals surface area contributed by atoms with Crippen LogP contribution in [0.3, 0.4) is 0 Å². The number of pyridine rings is 1. The van der Waals surface area contributed by atoms with Crippen LogP contribution in [0.15, 0.2) is 79.0 Å². The lowest BCUT2D eigenvalue weighted by molar-refractivity contribution is 0.0952. The SMILES string of the molecule is O=C(NCCn1c(CCc2ccccc2)nc2cccnc21)c1ccccc1. The van der Waals surface area contributed by atoms with E-state index >= 15 is 0 Å². The van der Waals surface area contributed by atoms with Gasteiger partial charge in [0.2, 0.25) is 0 Å². The van der Waals surface area contributed by atoms with Crippen LogP contribution in [0, 0.1) is 0 Å². The molecule has 0 spiro atoms. The molecule has 0 saturated carbocycles. The number of nitrogens with one attached hydrogen (secondary N) is 1. The molecule has 2 heterocycles. The lowest BCUT2D eigenvalue weighted by Crippen LogP contribution is -2.27. The summed E-state index contributed by atoms with van der Waals surface area (Å²) in [5, 5.41) is 2.99. The van der Waals surface area contributed by atoms with Gasteiger partial charge in [0.25, 0.3) is 5.91 Å². The maximum Gasteiger partial charge on any atom is 0.251 e. The Morgan fingerprint density at radius 1 is 0.893 bits per heavy atom. The number of aryl methyl sites for hydroxylation is 2. The van der Waals surface area contributed by atoms with Gasteiger partial charge in [-0.25, -0.2) is 9.97 Å². The molecule has 4 aromatic rings. The molecule has 28 heavy (non-hydrogen) atoms. The van der Waals surface area contributed by atoms with Crippen molar-refractivity contribution in [3.05, 3.63) is 95.9 Å². The van der Waals surface area contributed by atoms with Crippen LogP contribution in [-0.4, -0.2) is 27.0 Å². The molecular formula is C23H22N4O. The molecule has 4 rings (SSSR count). The molecule has 2 aromatic heterocycles. The third-order valence-electron chi connectivity index (χ3n) is 4.72. The Balaban J connectivity index is 1.48. The Hall–Kier alpha value is -3.47. The molecule has 5 heteroatoms. The van der Waals surface area contributed by atoms with E-state index in [1.54, 1.807) is 6.20 Å². The van der Waals surface area contributed by atoms with Crippen molar-refractivity contribution in [1.82, 2.24) is 19.9 Å². The fourth-order valence-corrected chi connectivity index (χ4v) is 3.30. The lowest BCUT2D eigenvalue weighted by Gasteiger charge is -2.10. The lowest BCUT2D eigenvalue weighted by atomic mass is 10.1. The van der Waals surface area contributed by atoms with Gasteiger partial charge in [-0.3, -0.25) is 4.79 Å². The van der Waals surface area contributed by atoms with E-state index in [0.29, 0.717) is 18.7 Å². The van der Waals surface area contributed by atoms with Gasteiger partial charge in [-0.05, 0) is 36.2 Å². The highest BCUT2D eigenvalue weighted by atomic mass is 16.1. The number of hydrogen-bond acceptors (Lipinski definition) is 3. The predicted octanol–water partition coefficient (Wildman–Crippen LogP) is 3.65. The molecular weight excluding hydrogens is 348 g/mol. The molecule has 0 radical (unpaired) electrons. The van der Waals surface area contributed by atoms with Crippen molar-refractivity contribution >= 4 is 17.1 Å². The van der Waals surface area contributed by atoms with Gasteiger partial charge in [-0.1, -0.05) is 48.5 Å². The van der Waals surface area contributed by atoms with Gasteiger partial charge in [0.1, 0.15) is 11.3 Å². The number of nitrogens with zero attached hydrogens (tertiary/aromatic N) is 3. The molecule has 1 amide bonds. The molecule has 0 aliphatic carbocycles. The summed E-state index contributed by atoms with van der Waals surface area (Å²) in [6.07, 6.45) is 3.53. The van der Waals surface area contributed by atoms with Gasteiger partial charge < -0.3 is 9.88 Å². The monoisotopic (exact) mass is 370 g/mol. The smallest absolute Gasteiger partial charge is 0.251 e. The van der Waals surface area contributed by atoms with Crippen molar-refractivity contribution in [1.29, 1.82) is 0 Å². The number of rotatable bonds is 7. The summed E-state index contributed by atoms with van der Waals surface area (Å²) in [6.45, 7) is 1.16. The minimum absolute atomic E-state index is 0.0659. The van der Waals surface area contributed by atoms with Crippen LogP contribution in [0.2, 0.25) is 0 Å². The molecule has 0 saturated heterocycles. The molecule has 0 aliphatic heterocycles. The van der Waals surface area contributed by atoms with E-state index in [0.717, 1.165) is 29.8 Å². The minimum Gasteiger partial charge on any atom is -0.350 e. The molecule has 5 nitrogen and oxygen atoms in total. The second kappa shape index (κ2) is 8.48. The molecule has 140 valence electrons. The van der Waals surface area contributed by atoms with Crippen molar-refractivity contribution < 1.29 is 4.79 Å². The number of fused-ring (bicyclic) bond motifs is 1. The van der Waals surface area contributed by atoms with Gasteiger partial charge in [0, 0.05) is 31.3 Å². The van der Waals surface area contributed by atoms with E-state index < -0.39 is 0 Å². The molecule has 1 N–H and O–H groups in total. The summed E-state index contributed by atoms with van der Waals surface area (Å²) in [5.74, 6) is 0.926. The zero-order valence-electron chi connectivity index (χ0n) is 15.6. The zero-order valence-corrected chi connectivity index (χ0v) is 15.6. The zero-order chi connectivity index (χ0) is 19.2. The van der Waals surface area contributed by atoms with Crippen molar-refractivity contribution in [3.63, 3.8) is 0 Å². The van der Waals surface area contributed by atoms with Crippen LogP contribution < -0.4 is 5.32 Å². The topological polar surface area (TPSA) is 59.8 Å². The van der Waals surface area contributed by atoms with Crippen LogP contribution in [0.5, 0.6) is 0 Å². The van der Waals surface area contributed by atoms with Gasteiger partial charge in [0.15, 0.2) is 5.65 Å². The fourth-order valence-electron chi connectivity index (χ4n) is 3.30. The van der Waals surface area contributed by atoms with Crippen LogP contribution in [0.4, 0.5) is 0 Å². The summed E-state index contributed by atoms with van der Waals surface area (Å²) < 4.78 is 2.11. The minimum atomic E-state index is -0.0659. The summed E-state index contributed by atoms with van der Waals surface area (Å²) in [6, 6.07) is 23.5. The number of hydrogen-bond donors (Lipinski definition) is 1. The van der Waals surface area contributed by atoms with Crippen molar-refractivity contribution in [2.75, 3.05) is 6.54 Å². The van der Waals surface area contributed by atoms with E-state index in [4.69, 9.17) is 4.98 Å². The van der Waals surface area contributed by atoms with Crippen LogP contribution in [0.1, 0.15) is 21.7 Å². The number of benzene rings is 2. The molecule has 0 bridgehead atoms. The maximum absolute atomic E-state index is 12.3. The number of carbonyl (C=O) groups is 1. The second-order valence-electron chi connectivity index (χ2n) is 6.63. The van der Waals surface area contributed by atoms with E-state index in [9.17, 15) is 4.79 Å². The first kappa shape index (κ1) is 17.9. The van der Waals surface area contributed by atoms with Gasteiger partial charge in [-0.15, -0.1) is 0 Å². The van der Waals surface area contributed by atoms with Crippen LogP contribution >= 0.6 is 0 Å². The number of aromatic nitrogens is 3. The van der Waals surface area contributed by atoms with Gasteiger partial charge >= 0.3 is 0 Å². The molecule has 0 fully saturated rings. The van der Waals surface area contributed by atoms with Crippen LogP contribution in [-0.2, 0) is 19.4 Å². The fraction of sp³-hybridized carbons (Fsp3) is 0.174. The normalized spacial score (nSPS) is 10.9. The standard InChI is InChI=1S/C23H22N4O/c28-23(19-10-5-2-6-11-19)25-16-17-27-21(14-13-18-8-3-1-4-9-18)26-20-12-7-15-24-22(20)27/h1-12,15H,13-14,16-17H2,(H,25,28). The third-order valence-corrected chi connectivity index (χ3v) is 4.72. The van der Waals surface area contributed by atoms with E-state index in [1.807, 2.05) is 48.5 Å². The molecule has 0 unspecified atom stereocenters. The Morgan fingerprint density at radius 3 is 2.43 bits per heavy atom. The predicted molar refractivity (Wildman–Crippen MR) is 110 cm³/mol. The second-order valence-corrected chi connectivity index (χ2v) is 6.63. The van der Waals surface area contributed by atoms with E-state index in [-0.39, 0.29) is 5.91 Å². The Labute approximate surface area is 164 Å². The summed E-state index contributed by atoms with van der Waals surface area (Å²) >= 11 is 0. The highest BCUT2D eigenvalue weighted by Gasteiger charge is 2.12. The average Bonchev–Trinajstić information content (AvgIpc) is 3.11. The summed E-state index contributed by atoms with van der Waals surface area (Å²) in [5.41, 5.74) is 3.70. The first-order valence-corrected chi connectivity index (χ1v) is 9.48. The van der Waals surface area contributed by atoms with Crippen LogP contribution in [0.25, 0.3) is 11.2 Å². The Kier molecular flexibility index (Phi) is 5.43. The Bertz CT molecular complexity index is 1060. The van der Waals surface area contributed by atoms with E-state index in [2.05, 4.69) is 39.1 Å². The number of carbonyl (C=O) groups excluding carboxylic acids is 1. The first-order valence-electron chi connectivity index (χ1n) is 9.48. The van der Waals surface area contributed by atoms with Crippen molar-refractivity contribution in [3.8, 4) is 0 Å². The van der Waals surface area contributed by atoms with E-state index in [1.165, 1.54) is 5.56 Å². The quantitative estimate of drug-likeness (QED) is 0.540. The number of imidazole rings is 1. The first-order chi connectivity index (χ1) is 13.8. The van der Waals surface area contributed by atoms with Gasteiger partial charge in [0.05, 0.1) is 0 Å². The Morgan fingerprint density at radius 2 is 1.64 bits per heavy atom. The molecule has 2 aromatic carbocycles. The summed E-state index contributed by atoms with van der Waals surface area (Å²) in [7, 11) is 0. The summed E-state index contributed by atoms with van der Waals surface area (Å²) in [4.78, 5) is 21.6. The third kappa shape index (κ3) is 4.09.